The lowest BCUT2D eigenvalue weighted by Gasteiger charge is -2.17. The van der Waals surface area contributed by atoms with Gasteiger partial charge >= 0.3 is 5.97 Å². The summed E-state index contributed by atoms with van der Waals surface area (Å²) in [5, 5.41) is 11.3. The number of nitrogens with one attached hydrogen (secondary N) is 1. The first-order valence-electron chi connectivity index (χ1n) is 6.65. The second kappa shape index (κ2) is 7.94. The number of thioether (sulfide) groups is 1. The fourth-order valence-electron chi connectivity index (χ4n) is 1.97. The topological polar surface area (TPSA) is 66.4 Å². The van der Waals surface area contributed by atoms with Crippen molar-refractivity contribution in [2.45, 2.75) is 38.5 Å². The maximum Gasteiger partial charge on any atom is 0.316 e. The second-order valence-corrected chi connectivity index (χ2v) is 5.88. The first kappa shape index (κ1) is 16.6. The molecule has 1 aromatic carbocycles. The number of benzene rings is 1. The van der Waals surface area contributed by atoms with E-state index in [1.54, 1.807) is 6.92 Å². The van der Waals surface area contributed by atoms with E-state index < -0.39 is 11.2 Å². The third-order valence-electron chi connectivity index (χ3n) is 3.09. The predicted molar refractivity (Wildman–Crippen MR) is 81.9 cm³/mol. The lowest BCUT2D eigenvalue weighted by molar-refractivity contribution is -0.136. The molecular formula is C15H21NO3S. The van der Waals surface area contributed by atoms with Crippen LogP contribution in [0.5, 0.6) is 0 Å². The highest BCUT2D eigenvalue weighted by Crippen LogP contribution is 2.18. The molecular weight excluding hydrogens is 274 g/mol. The lowest BCUT2D eigenvalue weighted by Crippen LogP contribution is -2.30. The van der Waals surface area contributed by atoms with Gasteiger partial charge in [0.15, 0.2) is 0 Å². The van der Waals surface area contributed by atoms with Gasteiger partial charge in [-0.15, -0.1) is 11.8 Å². The summed E-state index contributed by atoms with van der Waals surface area (Å²) in [6, 6.07) is 7.82. The molecule has 1 aromatic rings. The summed E-state index contributed by atoms with van der Waals surface area (Å²) in [5.41, 5.74) is 2.21. The molecule has 0 aliphatic rings. The fourth-order valence-corrected chi connectivity index (χ4v) is 2.79. The van der Waals surface area contributed by atoms with Crippen molar-refractivity contribution in [3.63, 3.8) is 0 Å². The summed E-state index contributed by atoms with van der Waals surface area (Å²) < 4.78 is 0. The van der Waals surface area contributed by atoms with Crippen molar-refractivity contribution in [2.24, 2.45) is 0 Å². The van der Waals surface area contributed by atoms with E-state index in [1.807, 2.05) is 38.1 Å². The smallest absolute Gasteiger partial charge is 0.316 e. The molecule has 5 heteroatoms. The molecule has 1 amide bonds. The van der Waals surface area contributed by atoms with Gasteiger partial charge in [0.1, 0.15) is 5.25 Å². The number of aryl methyl sites for hydroxylation is 1. The molecule has 0 saturated heterocycles. The molecule has 0 bridgehead atoms. The normalized spacial score (nSPS) is 13.6. The van der Waals surface area contributed by atoms with Crippen LogP contribution in [0.15, 0.2) is 24.3 Å². The van der Waals surface area contributed by atoms with Gasteiger partial charge in [0.25, 0.3) is 0 Å². The minimum absolute atomic E-state index is 0.0748. The van der Waals surface area contributed by atoms with Crippen LogP contribution in [0.25, 0.3) is 0 Å². The number of aliphatic carboxylic acids is 1. The minimum atomic E-state index is -0.864. The molecule has 110 valence electrons. The van der Waals surface area contributed by atoms with Crippen LogP contribution in [0.4, 0.5) is 0 Å². The van der Waals surface area contributed by atoms with Crippen LogP contribution in [-0.4, -0.2) is 28.0 Å². The van der Waals surface area contributed by atoms with Gasteiger partial charge in [0.05, 0.1) is 11.8 Å². The van der Waals surface area contributed by atoms with E-state index in [9.17, 15) is 9.59 Å². The van der Waals surface area contributed by atoms with Gasteiger partial charge in [-0.05, 0) is 31.4 Å². The zero-order valence-corrected chi connectivity index (χ0v) is 12.9. The number of hydrogen-bond donors (Lipinski definition) is 2. The standard InChI is InChI=1S/C15H21NO3S/c1-4-13(15(18)19)20-9-14(17)16-11(3)12-8-6-5-7-10(12)2/h5-8,11,13H,4,9H2,1-3H3,(H,16,17)(H,18,19). The Morgan fingerprint density at radius 2 is 2.00 bits per heavy atom. The van der Waals surface area contributed by atoms with Crippen molar-refractivity contribution in [3.05, 3.63) is 35.4 Å². The Hall–Kier alpha value is -1.49. The van der Waals surface area contributed by atoms with Gasteiger partial charge in [-0.25, -0.2) is 0 Å². The number of carboxylic acid groups (broad SMARTS) is 1. The Morgan fingerprint density at radius 3 is 2.55 bits per heavy atom. The van der Waals surface area contributed by atoms with Gasteiger partial charge < -0.3 is 10.4 Å². The van der Waals surface area contributed by atoms with Gasteiger partial charge in [-0.1, -0.05) is 31.2 Å². The molecule has 1 rings (SSSR count). The highest BCUT2D eigenvalue weighted by Gasteiger charge is 2.18. The molecule has 2 atom stereocenters. The number of rotatable bonds is 7. The third kappa shape index (κ3) is 4.89. The molecule has 0 aromatic heterocycles. The Morgan fingerprint density at radius 1 is 1.35 bits per heavy atom. The first-order valence-corrected chi connectivity index (χ1v) is 7.69. The molecule has 0 aliphatic heterocycles. The summed E-state index contributed by atoms with van der Waals surface area (Å²) in [4.78, 5) is 22.7. The van der Waals surface area contributed by atoms with Crippen molar-refractivity contribution in [3.8, 4) is 0 Å². The molecule has 0 heterocycles. The summed E-state index contributed by atoms with van der Waals surface area (Å²) in [7, 11) is 0. The SMILES string of the molecule is CCC(SCC(=O)NC(C)c1ccccc1C)C(=O)O. The molecule has 2 unspecified atom stereocenters. The van der Waals surface area contributed by atoms with Crippen LogP contribution in [0.3, 0.4) is 0 Å². The quantitative estimate of drug-likeness (QED) is 0.811. The van der Waals surface area contributed by atoms with Gasteiger partial charge in [-0.3, -0.25) is 9.59 Å². The van der Waals surface area contributed by atoms with E-state index >= 15 is 0 Å². The Bertz CT molecular complexity index is 476. The molecule has 0 spiro atoms. The van der Waals surface area contributed by atoms with Gasteiger partial charge in [0.2, 0.25) is 5.91 Å². The summed E-state index contributed by atoms with van der Waals surface area (Å²) >= 11 is 1.17. The Kier molecular flexibility index (Phi) is 6.58. The lowest BCUT2D eigenvalue weighted by atomic mass is 10.0. The van der Waals surface area contributed by atoms with E-state index in [2.05, 4.69) is 5.32 Å². The van der Waals surface area contributed by atoms with Crippen LogP contribution in [-0.2, 0) is 9.59 Å². The molecule has 0 radical (unpaired) electrons. The second-order valence-electron chi connectivity index (χ2n) is 4.69. The number of amides is 1. The average Bonchev–Trinajstić information content (AvgIpc) is 2.39. The van der Waals surface area contributed by atoms with Crippen LogP contribution in [0.2, 0.25) is 0 Å². The number of carbonyl (C=O) groups is 2. The third-order valence-corrected chi connectivity index (χ3v) is 4.46. The van der Waals surface area contributed by atoms with E-state index in [4.69, 9.17) is 5.11 Å². The van der Waals surface area contributed by atoms with E-state index in [-0.39, 0.29) is 17.7 Å². The highest BCUT2D eigenvalue weighted by molar-refractivity contribution is 8.01. The Labute approximate surface area is 124 Å². The largest absolute Gasteiger partial charge is 0.480 e. The van der Waals surface area contributed by atoms with Crippen molar-refractivity contribution < 1.29 is 14.7 Å². The van der Waals surface area contributed by atoms with Gasteiger partial charge in [-0.2, -0.15) is 0 Å². The van der Waals surface area contributed by atoms with Gasteiger partial charge in [0, 0.05) is 0 Å². The monoisotopic (exact) mass is 295 g/mol. The first-order chi connectivity index (χ1) is 9.45. The highest BCUT2D eigenvalue weighted by atomic mass is 32.2. The minimum Gasteiger partial charge on any atom is -0.480 e. The number of carboxylic acids is 1. The zero-order valence-electron chi connectivity index (χ0n) is 12.1. The van der Waals surface area contributed by atoms with Crippen molar-refractivity contribution in [1.82, 2.24) is 5.32 Å². The molecule has 4 nitrogen and oxygen atoms in total. The molecule has 0 fully saturated rings. The molecule has 2 N–H and O–H groups in total. The van der Waals surface area contributed by atoms with Crippen molar-refractivity contribution >= 4 is 23.6 Å². The number of carbonyl (C=O) groups excluding carboxylic acids is 1. The predicted octanol–water partition coefficient (Wildman–Crippen LogP) is 2.77. The van der Waals surface area contributed by atoms with Crippen LogP contribution in [0.1, 0.15) is 37.4 Å². The molecule has 0 aliphatic carbocycles. The van der Waals surface area contributed by atoms with Crippen LogP contribution < -0.4 is 5.32 Å². The Balaban J connectivity index is 2.50. The van der Waals surface area contributed by atoms with E-state index in [0.717, 1.165) is 11.1 Å². The average molecular weight is 295 g/mol. The maximum absolute atomic E-state index is 11.9. The van der Waals surface area contributed by atoms with Crippen molar-refractivity contribution in [2.75, 3.05) is 5.75 Å². The summed E-state index contributed by atoms with van der Waals surface area (Å²) in [6.45, 7) is 5.74. The van der Waals surface area contributed by atoms with Crippen LogP contribution in [0, 0.1) is 6.92 Å². The number of hydrogen-bond acceptors (Lipinski definition) is 3. The van der Waals surface area contributed by atoms with Crippen LogP contribution >= 0.6 is 11.8 Å². The zero-order chi connectivity index (χ0) is 15.1. The summed E-state index contributed by atoms with van der Waals surface area (Å²) in [5.74, 6) is -0.830. The molecule has 20 heavy (non-hydrogen) atoms. The van der Waals surface area contributed by atoms with E-state index in [1.165, 1.54) is 11.8 Å². The molecule has 0 saturated carbocycles. The van der Waals surface area contributed by atoms with E-state index in [0.29, 0.717) is 6.42 Å². The fraction of sp³-hybridized carbons (Fsp3) is 0.467. The summed E-state index contributed by atoms with van der Waals surface area (Å²) in [6.07, 6.45) is 0.515. The van der Waals surface area contributed by atoms with Crippen molar-refractivity contribution in [1.29, 1.82) is 0 Å². The maximum atomic E-state index is 11.9.